The smallest absolute Gasteiger partial charge is 0.252 e. The van der Waals surface area contributed by atoms with Gasteiger partial charge in [0.25, 0.3) is 5.56 Å². The quantitative estimate of drug-likeness (QED) is 0.615. The molecule has 0 fully saturated rings. The van der Waals surface area contributed by atoms with Crippen LogP contribution in [0.15, 0.2) is 59.4 Å². The van der Waals surface area contributed by atoms with E-state index in [-0.39, 0.29) is 18.1 Å². The van der Waals surface area contributed by atoms with Crippen molar-refractivity contribution in [3.05, 3.63) is 86.8 Å². The highest BCUT2D eigenvalue weighted by Crippen LogP contribution is 2.24. The fraction of sp³-hybridized carbons (Fsp3) is 0.238. The van der Waals surface area contributed by atoms with E-state index < -0.39 is 0 Å². The minimum absolute atomic E-state index is 0.234. The summed E-state index contributed by atoms with van der Waals surface area (Å²) < 4.78 is 5.77. The molecule has 1 heterocycles. The molecule has 2 N–H and O–H groups in total. The number of hydrogen-bond acceptors (Lipinski definition) is 4. The van der Waals surface area contributed by atoms with Gasteiger partial charge in [0, 0.05) is 22.7 Å². The average molecular weight is 384 g/mol. The first-order valence-corrected chi connectivity index (χ1v) is 9.16. The molecule has 140 valence electrons. The van der Waals surface area contributed by atoms with Crippen molar-refractivity contribution in [3.63, 3.8) is 0 Å². The largest absolute Gasteiger partial charge is 0.375 e. The standard InChI is InChI=1S/C21H22ClN3O2/c1-14(16-7-4-3-5-8-16)12-27-13-17-11-20(26)25-21(23-17)24-19-10-6-9-18(22)15(19)2/h3-11,14H,12-13H2,1-2H3,(H2,23,24,25,26). The molecule has 0 spiro atoms. The summed E-state index contributed by atoms with van der Waals surface area (Å²) in [6.07, 6.45) is 0. The van der Waals surface area contributed by atoms with Crippen LogP contribution < -0.4 is 10.9 Å². The number of nitrogens with zero attached hydrogens (tertiary/aromatic N) is 1. The molecule has 2 aromatic carbocycles. The van der Waals surface area contributed by atoms with Gasteiger partial charge in [-0.25, -0.2) is 4.98 Å². The second-order valence-electron chi connectivity index (χ2n) is 6.45. The third-order valence-corrected chi connectivity index (χ3v) is 4.71. The van der Waals surface area contributed by atoms with Gasteiger partial charge >= 0.3 is 0 Å². The number of rotatable bonds is 7. The molecule has 0 aliphatic rings. The lowest BCUT2D eigenvalue weighted by Gasteiger charge is -2.13. The number of halogens is 1. The van der Waals surface area contributed by atoms with E-state index in [1.54, 1.807) is 0 Å². The number of H-pyrrole nitrogens is 1. The van der Waals surface area contributed by atoms with E-state index in [0.717, 1.165) is 11.3 Å². The topological polar surface area (TPSA) is 67.0 Å². The number of aromatic nitrogens is 2. The molecule has 3 rings (SSSR count). The molecular formula is C21H22ClN3O2. The Labute approximate surface area is 163 Å². The van der Waals surface area contributed by atoms with Crippen molar-refractivity contribution in [1.29, 1.82) is 0 Å². The van der Waals surface area contributed by atoms with Crippen LogP contribution in [0.2, 0.25) is 5.02 Å². The van der Waals surface area contributed by atoms with Crippen LogP contribution in [0.5, 0.6) is 0 Å². The van der Waals surface area contributed by atoms with E-state index in [1.807, 2.05) is 43.3 Å². The van der Waals surface area contributed by atoms with Crippen LogP contribution >= 0.6 is 11.6 Å². The summed E-state index contributed by atoms with van der Waals surface area (Å²) in [5, 5.41) is 3.76. The Morgan fingerprint density at radius 2 is 1.96 bits per heavy atom. The van der Waals surface area contributed by atoms with Gasteiger partial charge in [0.1, 0.15) is 0 Å². The van der Waals surface area contributed by atoms with Gasteiger partial charge in [0.05, 0.1) is 18.9 Å². The van der Waals surface area contributed by atoms with Gasteiger partial charge in [0.2, 0.25) is 5.95 Å². The van der Waals surface area contributed by atoms with Crippen LogP contribution in [-0.2, 0) is 11.3 Å². The maximum atomic E-state index is 12.0. The van der Waals surface area contributed by atoms with Crippen molar-refractivity contribution in [3.8, 4) is 0 Å². The zero-order valence-electron chi connectivity index (χ0n) is 15.3. The monoisotopic (exact) mass is 383 g/mol. The first-order valence-electron chi connectivity index (χ1n) is 8.78. The molecule has 27 heavy (non-hydrogen) atoms. The zero-order valence-corrected chi connectivity index (χ0v) is 16.1. The van der Waals surface area contributed by atoms with Crippen LogP contribution in [0.1, 0.15) is 29.7 Å². The third-order valence-electron chi connectivity index (χ3n) is 4.30. The predicted octanol–water partition coefficient (Wildman–Crippen LogP) is 4.80. The summed E-state index contributed by atoms with van der Waals surface area (Å²) in [5.74, 6) is 0.627. The molecule has 1 aromatic heterocycles. The number of anilines is 2. The highest BCUT2D eigenvalue weighted by molar-refractivity contribution is 6.31. The first kappa shape index (κ1) is 19.1. The number of hydrogen-bond donors (Lipinski definition) is 2. The molecule has 0 radical (unpaired) electrons. The Morgan fingerprint density at radius 3 is 2.74 bits per heavy atom. The maximum absolute atomic E-state index is 12.0. The van der Waals surface area contributed by atoms with E-state index in [4.69, 9.17) is 16.3 Å². The highest BCUT2D eigenvalue weighted by Gasteiger charge is 2.08. The van der Waals surface area contributed by atoms with E-state index in [9.17, 15) is 4.79 Å². The van der Waals surface area contributed by atoms with Gasteiger partial charge in [0.15, 0.2) is 0 Å². The van der Waals surface area contributed by atoms with Crippen molar-refractivity contribution >= 4 is 23.2 Å². The van der Waals surface area contributed by atoms with Crippen molar-refractivity contribution in [2.75, 3.05) is 11.9 Å². The van der Waals surface area contributed by atoms with Gasteiger partial charge in [-0.3, -0.25) is 9.78 Å². The number of ether oxygens (including phenoxy) is 1. The molecule has 0 bridgehead atoms. The Kier molecular flexibility index (Phi) is 6.27. The van der Waals surface area contributed by atoms with Crippen molar-refractivity contribution in [2.24, 2.45) is 0 Å². The summed E-state index contributed by atoms with van der Waals surface area (Å²) in [5.41, 5.74) is 3.24. The molecule has 0 saturated carbocycles. The predicted molar refractivity (Wildman–Crippen MR) is 109 cm³/mol. The summed E-state index contributed by atoms with van der Waals surface area (Å²) in [7, 11) is 0. The summed E-state index contributed by atoms with van der Waals surface area (Å²) >= 11 is 6.14. The maximum Gasteiger partial charge on any atom is 0.252 e. The van der Waals surface area contributed by atoms with Gasteiger partial charge in [-0.2, -0.15) is 0 Å². The molecule has 0 aliphatic carbocycles. The lowest BCUT2D eigenvalue weighted by Crippen LogP contribution is -2.14. The zero-order chi connectivity index (χ0) is 19.2. The van der Waals surface area contributed by atoms with Crippen LogP contribution in [0.25, 0.3) is 0 Å². The fourth-order valence-electron chi connectivity index (χ4n) is 2.73. The second kappa shape index (κ2) is 8.84. The van der Waals surface area contributed by atoms with Crippen LogP contribution in [0, 0.1) is 6.92 Å². The molecule has 3 aromatic rings. The van der Waals surface area contributed by atoms with Crippen LogP contribution in [0.4, 0.5) is 11.6 Å². The third kappa shape index (κ3) is 5.18. The molecule has 6 heteroatoms. The average Bonchev–Trinajstić information content (AvgIpc) is 2.66. The lowest BCUT2D eigenvalue weighted by molar-refractivity contribution is 0.108. The number of aromatic amines is 1. The summed E-state index contributed by atoms with van der Waals surface area (Å²) in [4.78, 5) is 19.1. The van der Waals surface area contributed by atoms with Gasteiger partial charge in [-0.05, 0) is 30.2 Å². The molecular weight excluding hydrogens is 362 g/mol. The van der Waals surface area contributed by atoms with Crippen molar-refractivity contribution in [1.82, 2.24) is 9.97 Å². The fourth-order valence-corrected chi connectivity index (χ4v) is 2.90. The SMILES string of the molecule is Cc1c(Cl)cccc1Nc1nc(COCC(C)c2ccccc2)cc(=O)[nH]1. The van der Waals surface area contributed by atoms with Gasteiger partial charge in [-0.1, -0.05) is 54.9 Å². The number of benzene rings is 2. The summed E-state index contributed by atoms with van der Waals surface area (Å²) in [6.45, 7) is 4.83. The molecule has 1 unspecified atom stereocenters. The second-order valence-corrected chi connectivity index (χ2v) is 6.86. The first-order chi connectivity index (χ1) is 13.0. The van der Waals surface area contributed by atoms with Gasteiger partial charge in [-0.15, -0.1) is 0 Å². The van der Waals surface area contributed by atoms with E-state index in [2.05, 4.69) is 34.3 Å². The highest BCUT2D eigenvalue weighted by atomic mass is 35.5. The van der Waals surface area contributed by atoms with Gasteiger partial charge < -0.3 is 10.1 Å². The number of nitrogens with one attached hydrogen (secondary N) is 2. The summed E-state index contributed by atoms with van der Waals surface area (Å²) in [6, 6.07) is 17.2. The Balaban J connectivity index is 1.65. The Bertz CT molecular complexity index is 957. The Morgan fingerprint density at radius 1 is 1.19 bits per heavy atom. The minimum atomic E-state index is -0.234. The molecule has 0 saturated heterocycles. The van der Waals surface area contributed by atoms with Crippen LogP contribution in [0.3, 0.4) is 0 Å². The van der Waals surface area contributed by atoms with Crippen molar-refractivity contribution < 1.29 is 4.74 Å². The lowest BCUT2D eigenvalue weighted by atomic mass is 10.0. The minimum Gasteiger partial charge on any atom is -0.375 e. The Hall–Kier alpha value is -2.63. The molecule has 1 atom stereocenters. The molecule has 0 amide bonds. The van der Waals surface area contributed by atoms with E-state index in [1.165, 1.54) is 11.6 Å². The normalized spacial score (nSPS) is 12.0. The van der Waals surface area contributed by atoms with Crippen molar-refractivity contribution in [2.45, 2.75) is 26.4 Å². The van der Waals surface area contributed by atoms with E-state index >= 15 is 0 Å². The van der Waals surface area contributed by atoms with Crippen LogP contribution in [-0.4, -0.2) is 16.6 Å². The molecule has 0 aliphatic heterocycles. The molecule has 5 nitrogen and oxygen atoms in total. The van der Waals surface area contributed by atoms with E-state index in [0.29, 0.717) is 23.3 Å².